The molecule has 1 N–H and O–H groups in total. The van der Waals surface area contributed by atoms with Crippen molar-refractivity contribution in [2.24, 2.45) is 0 Å². The zero-order chi connectivity index (χ0) is 21.8. The van der Waals surface area contributed by atoms with Crippen molar-refractivity contribution < 1.29 is 18.0 Å². The maximum atomic E-state index is 13.0. The minimum absolute atomic E-state index is 0.0166. The lowest BCUT2D eigenvalue weighted by molar-refractivity contribution is -0.137. The smallest absolute Gasteiger partial charge is 0.329 e. The number of nitrogens with zero attached hydrogens (tertiary/aromatic N) is 5. The Hall–Kier alpha value is -3.56. The molecule has 0 aliphatic carbocycles. The van der Waals surface area contributed by atoms with Crippen LogP contribution in [0.4, 0.5) is 24.9 Å². The van der Waals surface area contributed by atoms with Crippen LogP contribution in [0.3, 0.4) is 0 Å². The number of nitrogens with one attached hydrogen (secondary N) is 1. The standard InChI is InChI=1S/C21H19F3N6O/c22-21(23,24)14-7-10-26-18(13-14)29-20-27-11-8-15(28-20)17-6-2-4-12-30(17)19(31)16-5-1-3-9-25-16/h1,3,5,7-11,13,17H,2,4,6,12H2,(H,26,27,28,29). The van der Waals surface area contributed by atoms with Crippen LogP contribution in [0, 0.1) is 0 Å². The number of pyridine rings is 2. The normalized spacial score (nSPS) is 16.7. The Morgan fingerprint density at radius 1 is 1.03 bits per heavy atom. The zero-order valence-corrected chi connectivity index (χ0v) is 16.4. The number of anilines is 2. The first kappa shape index (κ1) is 20.7. The van der Waals surface area contributed by atoms with Crippen molar-refractivity contribution in [3.8, 4) is 0 Å². The van der Waals surface area contributed by atoms with Gasteiger partial charge in [-0.1, -0.05) is 6.07 Å². The third-order valence-corrected chi connectivity index (χ3v) is 4.99. The van der Waals surface area contributed by atoms with Crippen LogP contribution in [0.5, 0.6) is 0 Å². The summed E-state index contributed by atoms with van der Waals surface area (Å²) < 4.78 is 38.8. The molecule has 0 aromatic carbocycles. The summed E-state index contributed by atoms with van der Waals surface area (Å²) in [5.74, 6) is -0.0878. The van der Waals surface area contributed by atoms with Crippen molar-refractivity contribution in [3.05, 3.63) is 71.9 Å². The molecule has 160 valence electrons. The second-order valence-electron chi connectivity index (χ2n) is 7.08. The van der Waals surface area contributed by atoms with Crippen LogP contribution in [0.25, 0.3) is 0 Å². The van der Waals surface area contributed by atoms with Crippen molar-refractivity contribution in [3.63, 3.8) is 0 Å². The molecule has 4 rings (SSSR count). The Balaban J connectivity index is 1.57. The molecule has 1 atom stereocenters. The van der Waals surface area contributed by atoms with Gasteiger partial charge < -0.3 is 10.2 Å². The van der Waals surface area contributed by atoms with Crippen molar-refractivity contribution in [2.75, 3.05) is 11.9 Å². The number of amides is 1. The number of hydrogen-bond donors (Lipinski definition) is 1. The largest absolute Gasteiger partial charge is 0.416 e. The first-order valence-electron chi connectivity index (χ1n) is 9.77. The van der Waals surface area contributed by atoms with E-state index in [4.69, 9.17) is 0 Å². The second kappa shape index (κ2) is 8.66. The SMILES string of the molecule is O=C(c1ccccn1)N1CCCCC1c1ccnc(Nc2cc(C(F)(F)F)ccn2)n1. The fourth-order valence-corrected chi connectivity index (χ4v) is 3.53. The van der Waals surface area contributed by atoms with Gasteiger partial charge in [0.05, 0.1) is 17.3 Å². The van der Waals surface area contributed by atoms with E-state index in [1.807, 2.05) is 0 Å². The van der Waals surface area contributed by atoms with Crippen molar-refractivity contribution >= 4 is 17.7 Å². The number of carbonyl (C=O) groups is 1. The van der Waals surface area contributed by atoms with Gasteiger partial charge in [-0.05, 0) is 49.6 Å². The number of aromatic nitrogens is 4. The van der Waals surface area contributed by atoms with Crippen LogP contribution in [-0.4, -0.2) is 37.3 Å². The Bertz CT molecular complexity index is 1060. The Morgan fingerprint density at radius 2 is 1.87 bits per heavy atom. The van der Waals surface area contributed by atoms with E-state index in [9.17, 15) is 18.0 Å². The lowest BCUT2D eigenvalue weighted by Crippen LogP contribution is -2.39. The second-order valence-corrected chi connectivity index (χ2v) is 7.08. The molecule has 0 radical (unpaired) electrons. The molecule has 3 aromatic rings. The zero-order valence-electron chi connectivity index (χ0n) is 16.4. The summed E-state index contributed by atoms with van der Waals surface area (Å²) in [7, 11) is 0. The quantitative estimate of drug-likeness (QED) is 0.663. The summed E-state index contributed by atoms with van der Waals surface area (Å²) in [5.41, 5.74) is 0.143. The molecule has 1 aliphatic rings. The summed E-state index contributed by atoms with van der Waals surface area (Å²) in [5, 5.41) is 2.72. The van der Waals surface area contributed by atoms with Crippen molar-refractivity contribution in [2.45, 2.75) is 31.5 Å². The molecule has 3 aromatic heterocycles. The molecule has 1 fully saturated rings. The van der Waals surface area contributed by atoms with Gasteiger partial charge in [0.1, 0.15) is 11.5 Å². The lowest BCUT2D eigenvalue weighted by atomic mass is 9.98. The number of hydrogen-bond acceptors (Lipinski definition) is 6. The third-order valence-electron chi connectivity index (χ3n) is 4.99. The number of likely N-dealkylation sites (tertiary alicyclic amines) is 1. The van der Waals surface area contributed by atoms with Gasteiger partial charge in [-0.25, -0.2) is 15.0 Å². The topological polar surface area (TPSA) is 83.9 Å². The van der Waals surface area contributed by atoms with E-state index in [0.717, 1.165) is 37.6 Å². The fourth-order valence-electron chi connectivity index (χ4n) is 3.53. The van der Waals surface area contributed by atoms with Crippen LogP contribution in [-0.2, 0) is 6.18 Å². The van der Waals surface area contributed by atoms with Gasteiger partial charge in [-0.2, -0.15) is 13.2 Å². The highest BCUT2D eigenvalue weighted by Crippen LogP contribution is 2.32. The van der Waals surface area contributed by atoms with E-state index in [0.29, 0.717) is 17.9 Å². The minimum Gasteiger partial charge on any atom is -0.329 e. The Kier molecular flexibility index (Phi) is 5.79. The number of carbonyl (C=O) groups excluding carboxylic acids is 1. The third kappa shape index (κ3) is 4.79. The number of rotatable bonds is 4. The van der Waals surface area contributed by atoms with E-state index in [1.165, 1.54) is 6.20 Å². The van der Waals surface area contributed by atoms with Crippen LogP contribution in [0.15, 0.2) is 55.0 Å². The van der Waals surface area contributed by atoms with Gasteiger partial charge in [0.15, 0.2) is 0 Å². The monoisotopic (exact) mass is 428 g/mol. The first-order chi connectivity index (χ1) is 14.9. The predicted molar refractivity (Wildman–Crippen MR) is 106 cm³/mol. The van der Waals surface area contributed by atoms with Gasteiger partial charge in [0, 0.05) is 25.1 Å². The van der Waals surface area contributed by atoms with Crippen molar-refractivity contribution in [1.82, 2.24) is 24.8 Å². The van der Waals surface area contributed by atoms with Crippen molar-refractivity contribution in [1.29, 1.82) is 0 Å². The first-order valence-corrected chi connectivity index (χ1v) is 9.77. The van der Waals surface area contributed by atoms with Gasteiger partial charge in [0.2, 0.25) is 5.95 Å². The number of halogens is 3. The van der Waals surface area contributed by atoms with Gasteiger partial charge >= 0.3 is 6.18 Å². The van der Waals surface area contributed by atoms with E-state index < -0.39 is 11.7 Å². The van der Waals surface area contributed by atoms with Crippen LogP contribution in [0.1, 0.15) is 47.1 Å². The summed E-state index contributed by atoms with van der Waals surface area (Å²) in [6.45, 7) is 0.571. The molecule has 1 unspecified atom stereocenters. The number of piperidine rings is 1. The van der Waals surface area contributed by atoms with E-state index in [-0.39, 0.29) is 23.7 Å². The van der Waals surface area contributed by atoms with E-state index in [1.54, 1.807) is 35.4 Å². The molecule has 1 saturated heterocycles. The average Bonchev–Trinajstić information content (AvgIpc) is 2.79. The molecule has 0 spiro atoms. The maximum Gasteiger partial charge on any atom is 0.416 e. The molecule has 1 amide bonds. The minimum atomic E-state index is -4.48. The number of alkyl halides is 3. The van der Waals surface area contributed by atoms with E-state index >= 15 is 0 Å². The Morgan fingerprint density at radius 3 is 2.65 bits per heavy atom. The van der Waals surface area contributed by atoms with E-state index in [2.05, 4.69) is 25.3 Å². The molecule has 10 heteroatoms. The Labute approximate surface area is 176 Å². The summed E-state index contributed by atoms with van der Waals surface area (Å²) in [6, 6.07) is 8.39. The summed E-state index contributed by atoms with van der Waals surface area (Å²) >= 11 is 0. The van der Waals surface area contributed by atoms with Crippen LogP contribution < -0.4 is 5.32 Å². The molecular formula is C21H19F3N6O. The highest BCUT2D eigenvalue weighted by molar-refractivity contribution is 5.92. The summed E-state index contributed by atoms with van der Waals surface area (Å²) in [4.78, 5) is 31.3. The highest BCUT2D eigenvalue weighted by atomic mass is 19.4. The van der Waals surface area contributed by atoms with Gasteiger partial charge in [-0.15, -0.1) is 0 Å². The molecule has 7 nitrogen and oxygen atoms in total. The molecule has 0 bridgehead atoms. The maximum absolute atomic E-state index is 13.0. The highest BCUT2D eigenvalue weighted by Gasteiger charge is 2.32. The lowest BCUT2D eigenvalue weighted by Gasteiger charge is -2.35. The molecule has 1 aliphatic heterocycles. The molecule has 31 heavy (non-hydrogen) atoms. The van der Waals surface area contributed by atoms with Gasteiger partial charge in [0.25, 0.3) is 5.91 Å². The molecule has 4 heterocycles. The van der Waals surface area contributed by atoms with Crippen LogP contribution in [0.2, 0.25) is 0 Å². The fraction of sp³-hybridized carbons (Fsp3) is 0.286. The van der Waals surface area contributed by atoms with Crippen LogP contribution >= 0.6 is 0 Å². The average molecular weight is 428 g/mol. The summed E-state index contributed by atoms with van der Waals surface area (Å²) in [6.07, 6.45) is 2.20. The van der Waals surface area contributed by atoms with Gasteiger partial charge in [-0.3, -0.25) is 9.78 Å². The predicted octanol–water partition coefficient (Wildman–Crippen LogP) is 4.40. The molecular weight excluding hydrogens is 409 g/mol. The molecule has 0 saturated carbocycles.